The summed E-state index contributed by atoms with van der Waals surface area (Å²) in [7, 11) is 1.65. The summed E-state index contributed by atoms with van der Waals surface area (Å²) < 4.78 is 28.3. The van der Waals surface area contributed by atoms with Crippen LogP contribution >= 0.6 is 0 Å². The third-order valence-corrected chi connectivity index (χ3v) is 4.65. The first-order chi connectivity index (χ1) is 13.9. The summed E-state index contributed by atoms with van der Waals surface area (Å²) in [4.78, 5) is 0. The van der Waals surface area contributed by atoms with Crippen molar-refractivity contribution >= 4 is 12.7 Å². The van der Waals surface area contributed by atoms with Gasteiger partial charge in [0.2, 0.25) is 0 Å². The number of benzene rings is 3. The minimum Gasteiger partial charge on any atom is -0.206 e. The fraction of sp³-hybridized carbons (Fsp3) is 0.154. The minimum atomic E-state index is -0.653. The highest BCUT2D eigenvalue weighted by molar-refractivity contribution is 6.51. The molecule has 3 aromatic carbocycles. The van der Waals surface area contributed by atoms with E-state index in [1.165, 1.54) is 17.7 Å². The molecular weight excluding hydrogens is 361 g/mol. The molecule has 29 heavy (non-hydrogen) atoms. The van der Waals surface area contributed by atoms with Gasteiger partial charge in [0.1, 0.15) is 18.9 Å². The standard InChI is InChI=1S/C26H20BF2/c1-17-5-7-20(8-6-17)9-11-23-18(2)13-21(14-19(23)3)10-12-24-25(28)15-22(27-4)16-26(24)29/h5-8,13-16H,1-4H3. The second-order valence-corrected chi connectivity index (χ2v) is 7.00. The molecule has 0 fully saturated rings. The molecule has 0 aliphatic carbocycles. The van der Waals surface area contributed by atoms with Crippen LogP contribution in [0.1, 0.15) is 38.9 Å². The quantitative estimate of drug-likeness (QED) is 0.408. The van der Waals surface area contributed by atoms with Crippen molar-refractivity contribution < 1.29 is 8.78 Å². The SMILES string of the molecule is C[B]c1cc(F)c(C#Cc2cc(C)c(C#Cc3ccc(C)cc3)c(C)c2)c(F)c1. The maximum absolute atomic E-state index is 14.1. The molecule has 1 radical (unpaired) electrons. The summed E-state index contributed by atoms with van der Waals surface area (Å²) in [5.41, 5.74) is 6.03. The highest BCUT2D eigenvalue weighted by Gasteiger charge is 2.09. The van der Waals surface area contributed by atoms with Crippen molar-refractivity contribution in [3.63, 3.8) is 0 Å². The summed E-state index contributed by atoms with van der Waals surface area (Å²) in [5.74, 6) is 10.6. The van der Waals surface area contributed by atoms with Gasteiger partial charge in [0, 0.05) is 16.7 Å². The molecule has 0 aromatic heterocycles. The van der Waals surface area contributed by atoms with Crippen molar-refractivity contribution in [1.82, 2.24) is 0 Å². The molecule has 0 saturated heterocycles. The van der Waals surface area contributed by atoms with Crippen LogP contribution in [0.3, 0.4) is 0 Å². The number of halogens is 2. The Labute approximate surface area is 172 Å². The molecule has 3 aromatic rings. The zero-order chi connectivity index (χ0) is 21.0. The summed E-state index contributed by atoms with van der Waals surface area (Å²) in [5, 5.41) is 0. The fourth-order valence-electron chi connectivity index (χ4n) is 3.02. The Morgan fingerprint density at radius 2 is 1.17 bits per heavy atom. The summed E-state index contributed by atoms with van der Waals surface area (Å²) in [6.45, 7) is 7.70. The maximum atomic E-state index is 14.1. The summed E-state index contributed by atoms with van der Waals surface area (Å²) in [6, 6.07) is 14.4. The van der Waals surface area contributed by atoms with Crippen molar-refractivity contribution in [3.8, 4) is 23.7 Å². The Morgan fingerprint density at radius 1 is 0.655 bits per heavy atom. The van der Waals surface area contributed by atoms with Gasteiger partial charge < -0.3 is 0 Å². The molecule has 0 aliphatic heterocycles. The number of hydrogen-bond acceptors (Lipinski definition) is 0. The Balaban J connectivity index is 1.92. The van der Waals surface area contributed by atoms with Gasteiger partial charge in [-0.2, -0.15) is 0 Å². The highest BCUT2D eigenvalue weighted by Crippen LogP contribution is 2.16. The number of rotatable bonds is 1. The van der Waals surface area contributed by atoms with Gasteiger partial charge in [-0.05, 0) is 68.3 Å². The first-order valence-corrected chi connectivity index (χ1v) is 9.37. The predicted molar refractivity (Wildman–Crippen MR) is 117 cm³/mol. The van der Waals surface area contributed by atoms with E-state index in [9.17, 15) is 8.78 Å². The molecule has 0 atom stereocenters. The normalized spacial score (nSPS) is 9.86. The summed E-state index contributed by atoms with van der Waals surface area (Å²) >= 11 is 0. The van der Waals surface area contributed by atoms with Crippen LogP contribution < -0.4 is 5.46 Å². The monoisotopic (exact) mass is 381 g/mol. The first-order valence-electron chi connectivity index (χ1n) is 9.37. The second-order valence-electron chi connectivity index (χ2n) is 7.00. The third-order valence-electron chi connectivity index (χ3n) is 4.65. The fourth-order valence-corrected chi connectivity index (χ4v) is 3.02. The molecule has 0 heterocycles. The lowest BCUT2D eigenvalue weighted by Crippen LogP contribution is -2.13. The lowest BCUT2D eigenvalue weighted by Gasteiger charge is -2.05. The molecule has 0 bridgehead atoms. The molecule has 0 saturated carbocycles. The van der Waals surface area contributed by atoms with E-state index in [-0.39, 0.29) is 5.56 Å². The second kappa shape index (κ2) is 8.81. The van der Waals surface area contributed by atoms with E-state index in [2.05, 4.69) is 23.7 Å². The smallest absolute Gasteiger partial charge is 0.148 e. The molecular formula is C26H20BF2. The molecule has 0 nitrogen and oxygen atoms in total. The number of hydrogen-bond donors (Lipinski definition) is 0. The molecule has 3 heteroatoms. The van der Waals surface area contributed by atoms with Crippen LogP contribution in [0.25, 0.3) is 0 Å². The maximum Gasteiger partial charge on any atom is 0.148 e. The van der Waals surface area contributed by atoms with Crippen molar-refractivity contribution in [2.45, 2.75) is 27.6 Å². The van der Waals surface area contributed by atoms with E-state index in [0.29, 0.717) is 11.0 Å². The Kier molecular flexibility index (Phi) is 6.21. The molecule has 0 amide bonds. The molecule has 141 valence electrons. The van der Waals surface area contributed by atoms with Crippen molar-refractivity contribution in [3.05, 3.63) is 99.1 Å². The van der Waals surface area contributed by atoms with Gasteiger partial charge in [-0.15, -0.1) is 0 Å². The van der Waals surface area contributed by atoms with Gasteiger partial charge >= 0.3 is 0 Å². The van der Waals surface area contributed by atoms with Crippen LogP contribution in [0.15, 0.2) is 48.5 Å². The van der Waals surface area contributed by atoms with Crippen LogP contribution in [-0.2, 0) is 0 Å². The van der Waals surface area contributed by atoms with E-state index in [4.69, 9.17) is 0 Å². The van der Waals surface area contributed by atoms with Crippen LogP contribution in [0.4, 0.5) is 8.78 Å². The van der Waals surface area contributed by atoms with Gasteiger partial charge in [0.25, 0.3) is 0 Å². The predicted octanol–water partition coefficient (Wildman–Crippen LogP) is 5.07. The topological polar surface area (TPSA) is 0 Å². The average Bonchev–Trinajstić information content (AvgIpc) is 2.68. The Morgan fingerprint density at radius 3 is 1.72 bits per heavy atom. The zero-order valence-corrected chi connectivity index (χ0v) is 17.0. The number of aryl methyl sites for hydroxylation is 3. The highest BCUT2D eigenvalue weighted by atomic mass is 19.1. The van der Waals surface area contributed by atoms with E-state index in [1.54, 1.807) is 14.1 Å². The molecule has 0 unspecified atom stereocenters. The van der Waals surface area contributed by atoms with E-state index in [1.807, 2.05) is 57.2 Å². The Hall–Kier alpha value is -3.30. The lowest BCUT2D eigenvalue weighted by molar-refractivity contribution is 0.579. The Bertz CT molecular complexity index is 1140. The van der Waals surface area contributed by atoms with Crippen LogP contribution in [-0.4, -0.2) is 7.28 Å². The van der Waals surface area contributed by atoms with Gasteiger partial charge in [-0.1, -0.05) is 53.7 Å². The van der Waals surface area contributed by atoms with E-state index < -0.39 is 11.6 Å². The van der Waals surface area contributed by atoms with Crippen LogP contribution in [0.2, 0.25) is 6.82 Å². The van der Waals surface area contributed by atoms with Crippen molar-refractivity contribution in [2.75, 3.05) is 0 Å². The van der Waals surface area contributed by atoms with E-state index in [0.717, 1.165) is 22.3 Å². The zero-order valence-electron chi connectivity index (χ0n) is 17.0. The van der Waals surface area contributed by atoms with Gasteiger partial charge in [-0.3, -0.25) is 0 Å². The lowest BCUT2D eigenvalue weighted by atomic mass is 9.73. The minimum absolute atomic E-state index is 0.214. The van der Waals surface area contributed by atoms with Gasteiger partial charge in [0.05, 0.1) is 5.56 Å². The van der Waals surface area contributed by atoms with Crippen molar-refractivity contribution in [2.24, 2.45) is 0 Å². The molecule has 0 aliphatic rings. The van der Waals surface area contributed by atoms with E-state index >= 15 is 0 Å². The third kappa shape index (κ3) is 4.95. The van der Waals surface area contributed by atoms with Gasteiger partial charge in [0.15, 0.2) is 0 Å². The molecule has 3 rings (SSSR count). The molecule has 0 N–H and O–H groups in total. The average molecular weight is 381 g/mol. The van der Waals surface area contributed by atoms with Crippen LogP contribution in [0.5, 0.6) is 0 Å². The van der Waals surface area contributed by atoms with Crippen molar-refractivity contribution in [1.29, 1.82) is 0 Å². The first kappa shape index (κ1) is 20.4. The van der Waals surface area contributed by atoms with Crippen LogP contribution in [0, 0.1) is 56.1 Å². The molecule has 0 spiro atoms. The largest absolute Gasteiger partial charge is 0.206 e. The van der Waals surface area contributed by atoms with Gasteiger partial charge in [-0.25, -0.2) is 8.78 Å². The summed E-state index contributed by atoms with van der Waals surface area (Å²) in [6.07, 6.45) is 0.